The number of fused-ring (bicyclic) bond motifs is 1. The molecule has 1 aliphatic heterocycles. The van der Waals surface area contributed by atoms with Gasteiger partial charge in [0, 0.05) is 26.6 Å². The van der Waals surface area contributed by atoms with Crippen molar-refractivity contribution in [1.29, 1.82) is 0 Å². The van der Waals surface area contributed by atoms with Gasteiger partial charge in [0.15, 0.2) is 0 Å². The van der Waals surface area contributed by atoms with E-state index in [1.807, 2.05) is 39.0 Å². The molecule has 1 fully saturated rings. The predicted molar refractivity (Wildman–Crippen MR) is 208 cm³/mol. The molecule has 318 valence electrons. The minimum absolute atomic E-state index is 0.126. The summed E-state index contributed by atoms with van der Waals surface area (Å²) in [7, 11) is -2.53. The molecule has 1 aromatic carbocycles. The van der Waals surface area contributed by atoms with Gasteiger partial charge in [-0.05, 0) is 69.9 Å². The Bertz CT molecular complexity index is 1560. The van der Waals surface area contributed by atoms with Crippen LogP contribution in [0.5, 0.6) is 0 Å². The van der Waals surface area contributed by atoms with Crippen LogP contribution in [-0.2, 0) is 54.6 Å². The number of carbonyl (C=O) groups is 4. The average Bonchev–Trinajstić information content (AvgIpc) is 3.54. The van der Waals surface area contributed by atoms with Crippen LogP contribution in [0.15, 0.2) is 24.3 Å². The summed E-state index contributed by atoms with van der Waals surface area (Å²) in [5, 5.41) is 6.09. The third kappa shape index (κ3) is 15.5. The molecule has 56 heavy (non-hydrogen) atoms. The summed E-state index contributed by atoms with van der Waals surface area (Å²) in [6, 6.07) is 5.02. The Morgan fingerprint density at radius 1 is 0.946 bits per heavy atom. The van der Waals surface area contributed by atoms with E-state index in [1.165, 1.54) is 22.4 Å². The first-order chi connectivity index (χ1) is 26.2. The van der Waals surface area contributed by atoms with Crippen molar-refractivity contribution >= 4 is 33.9 Å². The minimum Gasteiger partial charge on any atom is -0.444 e. The molecule has 2 unspecified atom stereocenters. The molecule has 4 amide bonds. The van der Waals surface area contributed by atoms with Crippen molar-refractivity contribution in [2.75, 3.05) is 65.6 Å². The molecular weight excluding hydrogens is 749 g/mol. The lowest BCUT2D eigenvalue weighted by Gasteiger charge is -2.37. The number of hydrogen-bond acceptors (Lipinski definition) is 11. The number of hydrogen-bond donors (Lipinski definition) is 3. The Kier molecular flexibility index (Phi) is 18.0. The van der Waals surface area contributed by atoms with Crippen molar-refractivity contribution in [2.24, 2.45) is 5.41 Å². The van der Waals surface area contributed by atoms with Gasteiger partial charge in [-0.3, -0.25) is 23.8 Å². The zero-order valence-electron chi connectivity index (χ0n) is 34.3. The van der Waals surface area contributed by atoms with Gasteiger partial charge < -0.3 is 39.2 Å². The molecular formula is C39H64N4O12S. The van der Waals surface area contributed by atoms with Crippen molar-refractivity contribution in [3.63, 3.8) is 0 Å². The first-order valence-corrected chi connectivity index (χ1v) is 21.0. The van der Waals surface area contributed by atoms with Crippen LogP contribution in [0, 0.1) is 5.41 Å². The third-order valence-electron chi connectivity index (χ3n) is 9.59. The highest BCUT2D eigenvalue weighted by Gasteiger charge is 2.46. The summed E-state index contributed by atoms with van der Waals surface area (Å²) in [5.74, 6) is -1.61. The molecule has 1 aromatic rings. The number of benzene rings is 1. The van der Waals surface area contributed by atoms with E-state index in [1.54, 1.807) is 27.7 Å². The van der Waals surface area contributed by atoms with Gasteiger partial charge in [0.05, 0.1) is 57.5 Å². The standard InChI is InChI=1S/C39H64N4O12S/c1-27(42(8)37(47)55-39(5,6)7)34(44)41-33(38(2,3)4)36(46)43-26-29(54-23-22-53-21-20-52-19-18-51-17-12-24-56(48,49)50)25-32(43)35(45)40-31-16-11-14-28-13-9-10-15-30(28)31/h9-10,13,15,27,29,31-33H,11-12,14,16-26H2,1-8H3,(H,40,45)(H,41,44)(H,48,49,50)/t27?,29-,31+,32-,33?/m0/s1. The molecule has 0 radical (unpaired) electrons. The number of ether oxygens (including phenoxy) is 5. The second-order valence-electron chi connectivity index (χ2n) is 16.4. The highest BCUT2D eigenvalue weighted by Crippen LogP contribution is 2.32. The molecule has 1 saturated heterocycles. The number of likely N-dealkylation sites (N-methyl/N-ethyl adjacent to an activating group) is 1. The van der Waals surface area contributed by atoms with Crippen LogP contribution in [-0.4, -0.2) is 142 Å². The van der Waals surface area contributed by atoms with Gasteiger partial charge in [-0.1, -0.05) is 45.0 Å². The molecule has 16 nitrogen and oxygen atoms in total. The smallest absolute Gasteiger partial charge is 0.410 e. The molecule has 1 heterocycles. The van der Waals surface area contributed by atoms with Crippen molar-refractivity contribution in [3.05, 3.63) is 35.4 Å². The fourth-order valence-corrected chi connectivity index (χ4v) is 6.97. The number of likely N-dealkylation sites (tertiary alicyclic amines) is 1. The van der Waals surface area contributed by atoms with Gasteiger partial charge in [-0.15, -0.1) is 0 Å². The summed E-state index contributed by atoms with van der Waals surface area (Å²) in [6.07, 6.45) is 1.94. The second-order valence-corrected chi connectivity index (χ2v) is 18.0. The summed E-state index contributed by atoms with van der Waals surface area (Å²) in [5.41, 5.74) is 0.747. The van der Waals surface area contributed by atoms with Crippen molar-refractivity contribution < 1.29 is 55.8 Å². The van der Waals surface area contributed by atoms with E-state index >= 15 is 0 Å². The van der Waals surface area contributed by atoms with E-state index in [2.05, 4.69) is 16.7 Å². The normalized spacial score (nSPS) is 19.8. The number of carbonyl (C=O) groups excluding carboxylic acids is 4. The van der Waals surface area contributed by atoms with Crippen LogP contribution in [0.3, 0.4) is 0 Å². The summed E-state index contributed by atoms with van der Waals surface area (Å²) in [4.78, 5) is 57.6. The lowest BCUT2D eigenvalue weighted by atomic mass is 9.85. The monoisotopic (exact) mass is 812 g/mol. The summed E-state index contributed by atoms with van der Waals surface area (Å²) < 4.78 is 58.2. The van der Waals surface area contributed by atoms with Gasteiger partial charge in [-0.2, -0.15) is 8.42 Å². The fourth-order valence-electron chi connectivity index (χ4n) is 6.49. The number of amides is 4. The summed E-state index contributed by atoms with van der Waals surface area (Å²) in [6.45, 7) is 14.2. The van der Waals surface area contributed by atoms with Crippen LogP contribution in [0.2, 0.25) is 0 Å². The summed E-state index contributed by atoms with van der Waals surface area (Å²) >= 11 is 0. The van der Waals surface area contributed by atoms with Crippen molar-refractivity contribution in [3.8, 4) is 0 Å². The number of nitrogens with zero attached hydrogens (tertiary/aromatic N) is 2. The van der Waals surface area contributed by atoms with E-state index in [9.17, 15) is 27.6 Å². The zero-order valence-corrected chi connectivity index (χ0v) is 35.2. The maximum Gasteiger partial charge on any atom is 0.410 e. The molecule has 0 spiro atoms. The number of nitrogens with one attached hydrogen (secondary N) is 2. The Morgan fingerprint density at radius 3 is 2.16 bits per heavy atom. The maximum atomic E-state index is 14.5. The highest BCUT2D eigenvalue weighted by molar-refractivity contribution is 7.85. The van der Waals surface area contributed by atoms with E-state index in [0.29, 0.717) is 19.8 Å². The lowest BCUT2D eigenvalue weighted by Crippen LogP contribution is -2.60. The molecule has 0 bridgehead atoms. The number of rotatable bonds is 20. The van der Waals surface area contributed by atoms with Crippen LogP contribution >= 0.6 is 0 Å². The van der Waals surface area contributed by atoms with Crippen molar-refractivity contribution in [2.45, 2.75) is 116 Å². The molecule has 2 aliphatic rings. The Labute approximate surface area is 332 Å². The molecule has 1 aliphatic carbocycles. The van der Waals surface area contributed by atoms with E-state index in [-0.39, 0.29) is 63.5 Å². The Hall–Kier alpha value is -3.35. The third-order valence-corrected chi connectivity index (χ3v) is 10.4. The van der Waals surface area contributed by atoms with Crippen LogP contribution < -0.4 is 10.6 Å². The molecule has 3 rings (SSSR count). The highest BCUT2D eigenvalue weighted by atomic mass is 32.2. The average molecular weight is 813 g/mol. The topological polar surface area (TPSA) is 199 Å². The van der Waals surface area contributed by atoms with Crippen molar-refractivity contribution in [1.82, 2.24) is 20.4 Å². The number of aryl methyl sites for hydroxylation is 1. The van der Waals surface area contributed by atoms with Crippen LogP contribution in [0.4, 0.5) is 4.79 Å². The first-order valence-electron chi connectivity index (χ1n) is 19.4. The molecule has 17 heteroatoms. The largest absolute Gasteiger partial charge is 0.444 e. The molecule has 5 atom stereocenters. The Balaban J connectivity index is 1.62. The van der Waals surface area contributed by atoms with Crippen LogP contribution in [0.25, 0.3) is 0 Å². The Morgan fingerprint density at radius 2 is 1.55 bits per heavy atom. The predicted octanol–water partition coefficient (Wildman–Crippen LogP) is 3.28. The zero-order chi connectivity index (χ0) is 41.7. The maximum absolute atomic E-state index is 14.5. The lowest BCUT2D eigenvalue weighted by molar-refractivity contribution is -0.144. The van der Waals surface area contributed by atoms with Gasteiger partial charge in [0.1, 0.15) is 23.7 Å². The molecule has 3 N–H and O–H groups in total. The molecule has 0 aromatic heterocycles. The van der Waals surface area contributed by atoms with Crippen LogP contribution in [0.1, 0.15) is 91.3 Å². The molecule has 0 saturated carbocycles. The van der Waals surface area contributed by atoms with Gasteiger partial charge >= 0.3 is 6.09 Å². The van der Waals surface area contributed by atoms with Gasteiger partial charge in [0.2, 0.25) is 17.7 Å². The SMILES string of the molecule is CC(C(=O)NC(C(=O)N1C[C@@H](OCCOCCOCCOCCCS(=O)(=O)O)C[C@H]1C(=O)N[C@@H]1CCCc2ccccc21)C(C)(C)C)N(C)C(=O)OC(C)(C)C. The van der Waals surface area contributed by atoms with Gasteiger partial charge in [0.25, 0.3) is 10.1 Å². The van der Waals surface area contributed by atoms with E-state index in [0.717, 1.165) is 24.8 Å². The minimum atomic E-state index is -3.99. The quantitative estimate of drug-likeness (QED) is 0.129. The first kappa shape index (κ1) is 47.0. The second kappa shape index (κ2) is 21.4. The van der Waals surface area contributed by atoms with E-state index in [4.69, 9.17) is 28.2 Å². The van der Waals surface area contributed by atoms with Gasteiger partial charge in [-0.25, -0.2) is 4.79 Å². The fraction of sp³-hybridized carbons (Fsp3) is 0.744. The van der Waals surface area contributed by atoms with E-state index < -0.39 is 63.3 Å².